The van der Waals surface area contributed by atoms with Gasteiger partial charge in [-0.3, -0.25) is 4.79 Å². The summed E-state index contributed by atoms with van der Waals surface area (Å²) in [7, 11) is 0. The Bertz CT molecular complexity index is 646. The van der Waals surface area contributed by atoms with E-state index in [4.69, 9.17) is 5.73 Å². The number of halogens is 3. The van der Waals surface area contributed by atoms with Crippen LogP contribution in [0.4, 0.5) is 24.7 Å². The van der Waals surface area contributed by atoms with Gasteiger partial charge >= 0.3 is 0 Å². The van der Waals surface area contributed by atoms with Gasteiger partial charge in [-0.25, -0.2) is 18.2 Å². The summed E-state index contributed by atoms with van der Waals surface area (Å²) in [4.78, 5) is 15.4. The van der Waals surface area contributed by atoms with Crippen LogP contribution in [0.3, 0.4) is 0 Å². The molecule has 2 rings (SSSR count). The number of aromatic nitrogens is 1. The molecular weight excluding hydrogens is 259 g/mol. The largest absolute Gasteiger partial charge is 0.384 e. The summed E-state index contributed by atoms with van der Waals surface area (Å²) in [6, 6.07) is 3.54. The Hall–Kier alpha value is -2.57. The predicted octanol–water partition coefficient (Wildman–Crippen LogP) is 2.33. The predicted molar refractivity (Wildman–Crippen MR) is 62.9 cm³/mol. The second kappa shape index (κ2) is 4.97. The summed E-state index contributed by atoms with van der Waals surface area (Å²) < 4.78 is 39.0. The molecule has 0 unspecified atom stereocenters. The maximum atomic E-state index is 13.3. The van der Waals surface area contributed by atoms with Gasteiger partial charge in [0.1, 0.15) is 11.6 Å². The van der Waals surface area contributed by atoms with E-state index in [0.29, 0.717) is 12.1 Å². The first-order valence-corrected chi connectivity index (χ1v) is 5.15. The van der Waals surface area contributed by atoms with Gasteiger partial charge in [-0.1, -0.05) is 0 Å². The third kappa shape index (κ3) is 2.82. The van der Waals surface area contributed by atoms with Crippen LogP contribution in [0, 0.1) is 17.5 Å². The molecule has 2 aromatic rings. The maximum absolute atomic E-state index is 13.3. The fourth-order valence-electron chi connectivity index (χ4n) is 1.40. The standard InChI is InChI=1S/C12H8F3N3O/c13-7-4-9(15)10(5-8(7)14)18-12(19)6-1-2-17-11(16)3-6/h1-5H,(H2,16,17)(H,18,19). The van der Waals surface area contributed by atoms with Crippen molar-refractivity contribution in [2.45, 2.75) is 0 Å². The summed E-state index contributed by atoms with van der Waals surface area (Å²) >= 11 is 0. The minimum atomic E-state index is -1.33. The van der Waals surface area contributed by atoms with E-state index in [1.165, 1.54) is 18.3 Å². The molecular formula is C12H8F3N3O. The van der Waals surface area contributed by atoms with E-state index >= 15 is 0 Å². The third-order valence-corrected chi connectivity index (χ3v) is 2.30. The van der Waals surface area contributed by atoms with Gasteiger partial charge in [0.25, 0.3) is 5.91 Å². The molecule has 0 atom stereocenters. The Morgan fingerprint density at radius 2 is 1.79 bits per heavy atom. The van der Waals surface area contributed by atoms with E-state index in [-0.39, 0.29) is 11.4 Å². The number of nitrogens with two attached hydrogens (primary N) is 1. The van der Waals surface area contributed by atoms with E-state index < -0.39 is 29.0 Å². The Kier molecular flexibility index (Phi) is 3.37. The Morgan fingerprint density at radius 3 is 2.47 bits per heavy atom. The molecule has 0 aliphatic heterocycles. The van der Waals surface area contributed by atoms with E-state index in [1.807, 2.05) is 0 Å². The highest BCUT2D eigenvalue weighted by molar-refractivity contribution is 6.04. The number of nitrogen functional groups attached to an aromatic ring is 1. The second-order valence-corrected chi connectivity index (χ2v) is 3.67. The van der Waals surface area contributed by atoms with Crippen LogP contribution in [0.25, 0.3) is 0 Å². The average Bonchev–Trinajstić information content (AvgIpc) is 2.36. The van der Waals surface area contributed by atoms with Crippen molar-refractivity contribution in [2.24, 2.45) is 0 Å². The zero-order valence-electron chi connectivity index (χ0n) is 9.45. The van der Waals surface area contributed by atoms with Crippen LogP contribution >= 0.6 is 0 Å². The molecule has 0 aliphatic rings. The fraction of sp³-hybridized carbons (Fsp3) is 0. The molecule has 7 heteroatoms. The van der Waals surface area contributed by atoms with E-state index in [1.54, 1.807) is 0 Å². The van der Waals surface area contributed by atoms with Crippen LogP contribution in [-0.4, -0.2) is 10.9 Å². The number of pyridine rings is 1. The smallest absolute Gasteiger partial charge is 0.255 e. The molecule has 0 fully saturated rings. The Morgan fingerprint density at radius 1 is 1.11 bits per heavy atom. The number of carbonyl (C=O) groups excluding carboxylic acids is 1. The van der Waals surface area contributed by atoms with Crippen LogP contribution < -0.4 is 11.1 Å². The fourth-order valence-corrected chi connectivity index (χ4v) is 1.40. The normalized spacial score (nSPS) is 10.3. The van der Waals surface area contributed by atoms with Gasteiger partial charge in [-0.05, 0) is 12.1 Å². The Labute approximate surface area is 106 Å². The summed E-state index contributed by atoms with van der Waals surface area (Å²) in [5, 5.41) is 2.12. The van der Waals surface area contributed by atoms with E-state index in [9.17, 15) is 18.0 Å². The lowest BCUT2D eigenvalue weighted by molar-refractivity contribution is 0.102. The maximum Gasteiger partial charge on any atom is 0.255 e. The van der Waals surface area contributed by atoms with Crippen molar-refractivity contribution >= 4 is 17.4 Å². The second-order valence-electron chi connectivity index (χ2n) is 3.67. The quantitative estimate of drug-likeness (QED) is 0.820. The van der Waals surface area contributed by atoms with Crippen LogP contribution in [0.5, 0.6) is 0 Å². The van der Waals surface area contributed by atoms with Gasteiger partial charge in [-0.2, -0.15) is 0 Å². The topological polar surface area (TPSA) is 68.0 Å². The molecule has 0 spiro atoms. The molecule has 0 saturated heterocycles. The van der Waals surface area contributed by atoms with Crippen molar-refractivity contribution in [3.8, 4) is 0 Å². The van der Waals surface area contributed by atoms with Crippen molar-refractivity contribution in [2.75, 3.05) is 11.1 Å². The molecule has 19 heavy (non-hydrogen) atoms. The van der Waals surface area contributed by atoms with E-state index in [2.05, 4.69) is 10.3 Å². The first-order chi connectivity index (χ1) is 8.97. The first-order valence-electron chi connectivity index (χ1n) is 5.15. The molecule has 1 aromatic heterocycles. The van der Waals surface area contributed by atoms with Crippen molar-refractivity contribution in [1.82, 2.24) is 4.98 Å². The average molecular weight is 267 g/mol. The van der Waals surface area contributed by atoms with Gasteiger partial charge < -0.3 is 11.1 Å². The molecule has 3 N–H and O–H groups in total. The van der Waals surface area contributed by atoms with E-state index in [0.717, 1.165) is 0 Å². The number of amides is 1. The number of carbonyl (C=O) groups is 1. The zero-order chi connectivity index (χ0) is 14.0. The Balaban J connectivity index is 2.27. The number of rotatable bonds is 2. The van der Waals surface area contributed by atoms with Crippen LogP contribution in [-0.2, 0) is 0 Å². The number of nitrogens with one attached hydrogen (secondary N) is 1. The highest BCUT2D eigenvalue weighted by Crippen LogP contribution is 2.19. The van der Waals surface area contributed by atoms with Crippen LogP contribution in [0.1, 0.15) is 10.4 Å². The molecule has 1 amide bonds. The van der Waals surface area contributed by atoms with Crippen molar-refractivity contribution in [3.63, 3.8) is 0 Å². The molecule has 0 saturated carbocycles. The lowest BCUT2D eigenvalue weighted by atomic mass is 10.2. The van der Waals surface area contributed by atoms with Gasteiger partial charge in [0, 0.05) is 23.9 Å². The van der Waals surface area contributed by atoms with Crippen molar-refractivity contribution in [1.29, 1.82) is 0 Å². The number of nitrogens with zero attached hydrogens (tertiary/aromatic N) is 1. The molecule has 98 valence electrons. The SMILES string of the molecule is Nc1cc(C(=O)Nc2cc(F)c(F)cc2F)ccn1. The zero-order valence-corrected chi connectivity index (χ0v) is 9.45. The monoisotopic (exact) mass is 267 g/mol. The van der Waals surface area contributed by atoms with Crippen molar-refractivity contribution < 1.29 is 18.0 Å². The number of hydrogen-bond acceptors (Lipinski definition) is 3. The molecule has 1 heterocycles. The number of anilines is 2. The lowest BCUT2D eigenvalue weighted by Gasteiger charge is -2.07. The summed E-state index contributed by atoms with van der Waals surface area (Å²) in [5.41, 5.74) is 5.05. The van der Waals surface area contributed by atoms with Gasteiger partial charge in [0.2, 0.25) is 0 Å². The van der Waals surface area contributed by atoms with Gasteiger partial charge in [0.15, 0.2) is 11.6 Å². The summed E-state index contributed by atoms with van der Waals surface area (Å²) in [6.07, 6.45) is 1.30. The minimum Gasteiger partial charge on any atom is -0.384 e. The summed E-state index contributed by atoms with van der Waals surface area (Å²) in [6.45, 7) is 0. The highest BCUT2D eigenvalue weighted by atomic mass is 19.2. The molecule has 4 nitrogen and oxygen atoms in total. The van der Waals surface area contributed by atoms with Crippen molar-refractivity contribution in [3.05, 3.63) is 53.5 Å². The lowest BCUT2D eigenvalue weighted by Crippen LogP contribution is -2.14. The molecule has 1 aromatic carbocycles. The van der Waals surface area contributed by atoms with Crippen LogP contribution in [0.15, 0.2) is 30.5 Å². The highest BCUT2D eigenvalue weighted by Gasteiger charge is 2.13. The molecule has 0 aliphatic carbocycles. The van der Waals surface area contributed by atoms with Crippen LogP contribution in [0.2, 0.25) is 0 Å². The third-order valence-electron chi connectivity index (χ3n) is 2.30. The van der Waals surface area contributed by atoms with Gasteiger partial charge in [0.05, 0.1) is 5.69 Å². The summed E-state index contributed by atoms with van der Waals surface area (Å²) in [5.74, 6) is -4.26. The minimum absolute atomic E-state index is 0.110. The molecule has 0 bridgehead atoms. The first kappa shape index (κ1) is 12.9. The van der Waals surface area contributed by atoms with Gasteiger partial charge in [-0.15, -0.1) is 0 Å². The number of hydrogen-bond donors (Lipinski definition) is 2. The number of benzene rings is 1. The molecule has 0 radical (unpaired) electrons.